The Balaban J connectivity index is 0.924. The summed E-state index contributed by atoms with van der Waals surface area (Å²) in [7, 11) is -7.45. The molecule has 2 aliphatic heterocycles. The van der Waals surface area contributed by atoms with Gasteiger partial charge in [0.05, 0.1) is 19.6 Å². The Morgan fingerprint density at radius 2 is 0.800 bits per heavy atom. The molecule has 9 aromatic carbocycles. The van der Waals surface area contributed by atoms with Gasteiger partial charge in [-0.3, -0.25) is 0 Å². The lowest BCUT2D eigenvalue weighted by atomic mass is 9.79. The molecule has 14 rings (SSSR count). The molecule has 0 radical (unpaired) electrons. The van der Waals surface area contributed by atoms with Crippen molar-refractivity contribution in [3.05, 3.63) is 209 Å². The Kier molecular flexibility index (Phi) is 8.03. The molecule has 0 spiro atoms. The summed E-state index contributed by atoms with van der Waals surface area (Å²) in [6.07, 6.45) is 0. The molecule has 340 valence electrons. The number of hydrogen-bond acceptors (Lipinski definition) is 5. The third kappa shape index (κ3) is 5.11. The number of rotatable bonds is 4. The molecule has 70 heavy (non-hydrogen) atoms. The highest BCUT2D eigenvalue weighted by molar-refractivity contribution is 7.92. The molecule has 0 saturated heterocycles. The van der Waals surface area contributed by atoms with Gasteiger partial charge in [-0.25, -0.2) is 16.8 Å². The van der Waals surface area contributed by atoms with Gasteiger partial charge in [-0.15, -0.1) is 0 Å². The van der Waals surface area contributed by atoms with Crippen molar-refractivity contribution in [3.63, 3.8) is 0 Å². The summed E-state index contributed by atoms with van der Waals surface area (Å²) in [5, 5.41) is 0. The maximum Gasteiger partial charge on any atom is 0.208 e. The topological polar surface area (TPSA) is 71.5 Å². The number of hydrogen-bond donors (Lipinski definition) is 0. The average molecular weight is 946 g/mol. The first-order valence-corrected chi connectivity index (χ1v) is 27.0. The maximum absolute atomic E-state index is 14.6. The molecule has 0 aromatic heterocycles. The van der Waals surface area contributed by atoms with E-state index in [2.05, 4.69) is 125 Å². The van der Waals surface area contributed by atoms with Crippen molar-refractivity contribution in [1.29, 1.82) is 0 Å². The molecule has 0 N–H and O–H groups in total. The highest BCUT2D eigenvalue weighted by Crippen LogP contribution is 2.63. The second-order valence-electron chi connectivity index (χ2n) is 21.2. The molecule has 2 heterocycles. The number of benzene rings is 9. The fourth-order valence-corrected chi connectivity index (χ4v) is 16.6. The van der Waals surface area contributed by atoms with Crippen molar-refractivity contribution in [2.24, 2.45) is 0 Å². The van der Waals surface area contributed by atoms with E-state index >= 15 is 0 Å². The minimum absolute atomic E-state index is 0.352. The van der Waals surface area contributed by atoms with Gasteiger partial charge in [-0.2, -0.15) is 0 Å². The van der Waals surface area contributed by atoms with E-state index in [1.807, 2.05) is 84.9 Å². The van der Waals surface area contributed by atoms with Crippen molar-refractivity contribution in [3.8, 4) is 66.8 Å². The van der Waals surface area contributed by atoms with Gasteiger partial charge in [0.1, 0.15) is 0 Å². The number of fused-ring (bicyclic) bond motifs is 17. The number of para-hydroxylation sites is 1. The highest BCUT2D eigenvalue weighted by atomic mass is 32.2. The van der Waals surface area contributed by atoms with Crippen LogP contribution in [0.5, 0.6) is 0 Å². The predicted octanol–water partition coefficient (Wildman–Crippen LogP) is 15.4. The van der Waals surface area contributed by atoms with Crippen LogP contribution in [0.4, 0.5) is 17.1 Å². The van der Waals surface area contributed by atoms with Crippen molar-refractivity contribution >= 4 is 36.7 Å². The van der Waals surface area contributed by atoms with Crippen LogP contribution in [-0.2, 0) is 35.9 Å². The average Bonchev–Trinajstić information content (AvgIpc) is 4.00. The lowest BCUT2D eigenvalue weighted by molar-refractivity contribution is 0.597. The minimum atomic E-state index is -3.80. The predicted molar refractivity (Wildman–Crippen MR) is 281 cm³/mol. The first kappa shape index (κ1) is 41.6. The lowest BCUT2D eigenvalue weighted by Crippen LogP contribution is -2.18. The number of anilines is 3. The second-order valence-corrected chi connectivity index (χ2v) is 25.0. The molecule has 0 atom stereocenters. The Morgan fingerprint density at radius 1 is 0.314 bits per heavy atom. The summed E-state index contributed by atoms with van der Waals surface area (Å²) in [5.41, 5.74) is 20.3. The van der Waals surface area contributed by atoms with Crippen molar-refractivity contribution < 1.29 is 16.8 Å². The van der Waals surface area contributed by atoms with E-state index in [1.165, 1.54) is 27.8 Å². The summed E-state index contributed by atoms with van der Waals surface area (Å²) in [4.78, 5) is 3.87. The van der Waals surface area contributed by atoms with Crippen molar-refractivity contribution in [2.75, 3.05) is 4.90 Å². The summed E-state index contributed by atoms with van der Waals surface area (Å²) >= 11 is 0. The molecule has 3 aliphatic carbocycles. The Morgan fingerprint density at radius 3 is 1.49 bits per heavy atom. The summed E-state index contributed by atoms with van der Waals surface area (Å²) in [6.45, 7) is 13.7. The monoisotopic (exact) mass is 945 g/mol. The summed E-state index contributed by atoms with van der Waals surface area (Å²) in [5.74, 6) is 0. The van der Waals surface area contributed by atoms with Gasteiger partial charge in [0.2, 0.25) is 19.7 Å². The Hall–Kier alpha value is -7.32. The van der Waals surface area contributed by atoms with Crippen LogP contribution in [0.1, 0.15) is 74.9 Å². The zero-order valence-electron chi connectivity index (χ0n) is 39.6. The molecule has 0 saturated carbocycles. The first-order valence-electron chi connectivity index (χ1n) is 24.0. The molecular formula is C63H47NO4S2. The van der Waals surface area contributed by atoms with Crippen LogP contribution in [0.25, 0.3) is 66.8 Å². The van der Waals surface area contributed by atoms with Crippen LogP contribution in [0.2, 0.25) is 0 Å². The molecule has 0 unspecified atom stereocenters. The van der Waals surface area contributed by atoms with E-state index in [1.54, 1.807) is 12.1 Å². The summed E-state index contributed by atoms with van der Waals surface area (Å²) < 4.78 is 57.1. The van der Waals surface area contributed by atoms with Crippen LogP contribution < -0.4 is 4.90 Å². The van der Waals surface area contributed by atoms with Crippen LogP contribution in [0, 0.1) is 0 Å². The minimum Gasteiger partial charge on any atom is -0.310 e. The quantitative estimate of drug-likeness (QED) is 0.176. The second kappa shape index (κ2) is 13.5. The Labute approximate surface area is 409 Å². The van der Waals surface area contributed by atoms with Gasteiger partial charge >= 0.3 is 0 Å². The van der Waals surface area contributed by atoms with Crippen LogP contribution in [0.15, 0.2) is 196 Å². The SMILES string of the molecule is CC1(C)c2cc(N(c3ccccc3)c3ccc4c(c3)C(C)(C)c3cc(-c5ccccc5)c5c(c3-4)-c3ccccc3S5(=O)=O)ccc2-c2cc3c(cc21)-c1c(ccc2c1-c1ccccc1S2(=O)=O)C3(C)C. The molecule has 5 nitrogen and oxygen atoms in total. The van der Waals surface area contributed by atoms with Crippen LogP contribution in [-0.4, -0.2) is 16.8 Å². The van der Waals surface area contributed by atoms with E-state index in [9.17, 15) is 16.8 Å². The van der Waals surface area contributed by atoms with E-state index < -0.39 is 25.1 Å². The van der Waals surface area contributed by atoms with E-state index in [-0.39, 0.29) is 10.8 Å². The molecular weight excluding hydrogens is 899 g/mol. The van der Waals surface area contributed by atoms with Gasteiger partial charge in [0, 0.05) is 61.1 Å². The zero-order valence-corrected chi connectivity index (χ0v) is 41.3. The molecule has 5 aliphatic rings. The maximum atomic E-state index is 14.6. The van der Waals surface area contributed by atoms with Crippen LogP contribution >= 0.6 is 0 Å². The largest absolute Gasteiger partial charge is 0.310 e. The first-order chi connectivity index (χ1) is 33.5. The molecule has 7 heteroatoms. The molecule has 9 aromatic rings. The molecule has 0 fully saturated rings. The zero-order chi connectivity index (χ0) is 48.0. The van der Waals surface area contributed by atoms with Crippen molar-refractivity contribution in [2.45, 2.75) is 77.4 Å². The normalized spacial score (nSPS) is 17.2. The standard InChI is InChI=1S/C63H47NO4S2/c1-61(2)47-29-30-55-58(42-21-13-15-23-53(42)69(55,65)66)57(47)46-35-50-45(34-51(46)61)40-27-25-38(31-48(40)62(50,3)4)64(37-19-11-8-12-20-37)39-26-28-41-49(32-39)63(5,6)52-33-44(36-17-9-7-10-18-36)60-59(56(41)52)43-22-14-16-24-54(43)70(60,67)68/h7-35H,1-6H3. The fraction of sp³-hybridized carbons (Fsp3) is 0.143. The van der Waals surface area contributed by atoms with Gasteiger partial charge in [0.15, 0.2) is 0 Å². The lowest BCUT2D eigenvalue weighted by Gasteiger charge is -2.29. The smallest absolute Gasteiger partial charge is 0.208 e. The molecule has 0 amide bonds. The van der Waals surface area contributed by atoms with E-state index in [0.29, 0.717) is 19.6 Å². The van der Waals surface area contributed by atoms with Gasteiger partial charge in [-0.1, -0.05) is 145 Å². The van der Waals surface area contributed by atoms with E-state index in [0.717, 1.165) is 89.4 Å². The van der Waals surface area contributed by atoms with Gasteiger partial charge < -0.3 is 4.90 Å². The third-order valence-electron chi connectivity index (χ3n) is 16.5. The van der Waals surface area contributed by atoms with Crippen LogP contribution in [0.3, 0.4) is 0 Å². The van der Waals surface area contributed by atoms with Crippen molar-refractivity contribution in [1.82, 2.24) is 0 Å². The highest BCUT2D eigenvalue weighted by Gasteiger charge is 2.48. The third-order valence-corrected chi connectivity index (χ3v) is 20.3. The fourth-order valence-electron chi connectivity index (χ4n) is 13.1. The van der Waals surface area contributed by atoms with Gasteiger partial charge in [0.25, 0.3) is 0 Å². The number of sulfone groups is 2. The summed E-state index contributed by atoms with van der Waals surface area (Å²) in [6, 6.07) is 59.7. The van der Waals surface area contributed by atoms with Gasteiger partial charge in [-0.05, 0) is 145 Å². The van der Waals surface area contributed by atoms with E-state index in [4.69, 9.17) is 0 Å². The Bertz CT molecular complexity index is 4110. The molecule has 0 bridgehead atoms. The number of nitrogens with zero attached hydrogens (tertiary/aromatic N) is 1.